The second-order valence-electron chi connectivity index (χ2n) is 2.07. The van der Waals surface area contributed by atoms with Crippen molar-refractivity contribution >= 4 is 5.97 Å². The number of carbonyl (C=O) groups is 1. The molecule has 0 saturated heterocycles. The van der Waals surface area contributed by atoms with Crippen LogP contribution in [0.3, 0.4) is 0 Å². The van der Waals surface area contributed by atoms with Crippen LogP contribution in [0.1, 0.15) is 0 Å². The maximum absolute atomic E-state index is 11.0. The summed E-state index contributed by atoms with van der Waals surface area (Å²) in [6.45, 7) is 0.0243. The van der Waals surface area contributed by atoms with Crippen LogP contribution in [0.5, 0.6) is 0 Å². The van der Waals surface area contributed by atoms with Crippen molar-refractivity contribution in [2.24, 2.45) is 5.11 Å². The van der Waals surface area contributed by atoms with Crippen molar-refractivity contribution in [3.05, 3.63) is 21.8 Å². The average Bonchev–Trinajstić information content (AvgIpc) is 2.26. The fourth-order valence-electron chi connectivity index (χ4n) is 0.651. The largest absolute Gasteiger partial charge is 0.465 e. The van der Waals surface area contributed by atoms with Crippen LogP contribution in [0.25, 0.3) is 10.4 Å². The highest BCUT2D eigenvalue weighted by Crippen LogP contribution is 2.04. The molecule has 7 nitrogen and oxygen atoms in total. The molecular formula is C8H7N5O2. The van der Waals surface area contributed by atoms with Crippen molar-refractivity contribution in [3.63, 3.8) is 0 Å². The molecule has 0 aliphatic heterocycles. The van der Waals surface area contributed by atoms with Gasteiger partial charge in [-0.25, -0.2) is 4.79 Å². The van der Waals surface area contributed by atoms with Gasteiger partial charge in [-0.2, -0.15) is 5.26 Å². The van der Waals surface area contributed by atoms with Gasteiger partial charge in [-0.15, -0.1) is 6.42 Å². The van der Waals surface area contributed by atoms with Gasteiger partial charge in [0, 0.05) is 4.91 Å². The molecule has 0 heterocycles. The van der Waals surface area contributed by atoms with Gasteiger partial charge in [-0.3, -0.25) is 0 Å². The molecule has 7 heteroatoms. The lowest BCUT2D eigenvalue weighted by atomic mass is 10.3. The average molecular weight is 205 g/mol. The van der Waals surface area contributed by atoms with Crippen molar-refractivity contribution in [1.29, 1.82) is 5.26 Å². The monoisotopic (exact) mass is 205 g/mol. The van der Waals surface area contributed by atoms with Crippen LogP contribution in [-0.2, 0) is 9.53 Å². The summed E-state index contributed by atoms with van der Waals surface area (Å²) in [4.78, 5) is 13.5. The first kappa shape index (κ1) is 12.4. The summed E-state index contributed by atoms with van der Waals surface area (Å²) < 4.78 is 4.32. The minimum atomic E-state index is -0.899. The van der Waals surface area contributed by atoms with Crippen LogP contribution in [0.2, 0.25) is 0 Å². The summed E-state index contributed by atoms with van der Waals surface area (Å²) in [5.74, 6) is 1.06. The zero-order valence-corrected chi connectivity index (χ0v) is 7.89. The SMILES string of the molecule is C#CCN/C(N=[N+]=[N-])=C(/C#N)C(=O)OC. The molecule has 15 heavy (non-hydrogen) atoms. The van der Waals surface area contributed by atoms with Crippen molar-refractivity contribution in [1.82, 2.24) is 5.32 Å². The third kappa shape index (κ3) is 3.73. The molecule has 0 fully saturated rings. The fourth-order valence-corrected chi connectivity index (χ4v) is 0.651. The van der Waals surface area contributed by atoms with Crippen molar-refractivity contribution in [2.75, 3.05) is 13.7 Å². The molecule has 0 rings (SSSR count). The lowest BCUT2D eigenvalue weighted by Crippen LogP contribution is -2.17. The first-order valence-electron chi connectivity index (χ1n) is 3.66. The number of hydrogen-bond donors (Lipinski definition) is 1. The van der Waals surface area contributed by atoms with Crippen LogP contribution in [0.4, 0.5) is 0 Å². The molecule has 0 aromatic heterocycles. The smallest absolute Gasteiger partial charge is 0.350 e. The van der Waals surface area contributed by atoms with E-state index in [1.165, 1.54) is 0 Å². The number of rotatable bonds is 4. The molecule has 0 amide bonds. The highest BCUT2D eigenvalue weighted by Gasteiger charge is 2.14. The quantitative estimate of drug-likeness (QED) is 0.136. The zero-order valence-electron chi connectivity index (χ0n) is 7.89. The fraction of sp³-hybridized carbons (Fsp3) is 0.250. The molecule has 0 radical (unpaired) electrons. The Bertz CT molecular complexity index is 406. The number of ether oxygens (including phenoxy) is 1. The zero-order chi connectivity index (χ0) is 11.7. The van der Waals surface area contributed by atoms with Crippen molar-refractivity contribution in [3.8, 4) is 18.4 Å². The number of methoxy groups -OCH3 is 1. The summed E-state index contributed by atoms with van der Waals surface area (Å²) >= 11 is 0. The number of nitrogens with one attached hydrogen (secondary N) is 1. The van der Waals surface area contributed by atoms with E-state index in [0.29, 0.717) is 0 Å². The Kier molecular flexibility index (Phi) is 5.64. The topological polar surface area (TPSA) is 111 Å². The minimum Gasteiger partial charge on any atom is -0.465 e. The number of carbonyl (C=O) groups excluding carboxylic acids is 1. The molecule has 0 aliphatic rings. The summed E-state index contributed by atoms with van der Waals surface area (Å²) in [5.41, 5.74) is 7.78. The number of azide groups is 1. The van der Waals surface area contributed by atoms with Gasteiger partial charge in [0.1, 0.15) is 11.9 Å². The maximum Gasteiger partial charge on any atom is 0.350 e. The van der Waals surface area contributed by atoms with E-state index in [2.05, 4.69) is 26.0 Å². The Morgan fingerprint density at radius 2 is 2.47 bits per heavy atom. The Labute approximate surface area is 86.0 Å². The van der Waals surface area contributed by atoms with E-state index >= 15 is 0 Å². The van der Waals surface area contributed by atoms with Crippen LogP contribution in [-0.4, -0.2) is 19.6 Å². The predicted octanol–water partition coefficient (Wildman–Crippen LogP) is 0.428. The van der Waals surface area contributed by atoms with Crippen molar-refractivity contribution < 1.29 is 9.53 Å². The summed E-state index contributed by atoms with van der Waals surface area (Å²) in [6, 6.07) is 1.56. The molecular weight excluding hydrogens is 198 g/mol. The normalized spacial score (nSPS) is 9.80. The first-order chi connectivity index (χ1) is 7.21. The van der Waals surface area contributed by atoms with E-state index in [9.17, 15) is 4.79 Å². The number of terminal acetylenes is 1. The Morgan fingerprint density at radius 3 is 2.87 bits per heavy atom. The molecule has 0 saturated carbocycles. The Balaban J connectivity index is 5.21. The Morgan fingerprint density at radius 1 is 1.80 bits per heavy atom. The summed E-state index contributed by atoms with van der Waals surface area (Å²) in [7, 11) is 1.11. The molecule has 0 unspecified atom stereocenters. The second-order valence-corrected chi connectivity index (χ2v) is 2.07. The van der Waals surface area contributed by atoms with Gasteiger partial charge in [0.25, 0.3) is 0 Å². The van der Waals surface area contributed by atoms with E-state index in [-0.39, 0.29) is 12.4 Å². The third-order valence-electron chi connectivity index (χ3n) is 1.24. The minimum absolute atomic E-state index is 0.0243. The van der Waals surface area contributed by atoms with Crippen LogP contribution >= 0.6 is 0 Å². The lowest BCUT2D eigenvalue weighted by Gasteiger charge is -2.03. The van der Waals surface area contributed by atoms with Crippen LogP contribution < -0.4 is 5.32 Å². The third-order valence-corrected chi connectivity index (χ3v) is 1.24. The summed E-state index contributed by atoms with van der Waals surface area (Å²) in [6.07, 6.45) is 4.95. The molecule has 0 bridgehead atoms. The predicted molar refractivity (Wildman–Crippen MR) is 50.6 cm³/mol. The highest BCUT2D eigenvalue weighted by molar-refractivity contribution is 5.93. The Hall–Kier alpha value is -2.63. The van der Waals surface area contributed by atoms with Crippen LogP contribution in [0, 0.1) is 23.7 Å². The van der Waals surface area contributed by atoms with E-state index in [1.54, 1.807) is 6.07 Å². The molecule has 1 N–H and O–H groups in total. The molecule has 76 valence electrons. The van der Waals surface area contributed by atoms with Gasteiger partial charge in [-0.05, 0) is 10.6 Å². The number of nitrogens with zero attached hydrogens (tertiary/aromatic N) is 4. The van der Waals surface area contributed by atoms with E-state index in [4.69, 9.17) is 17.2 Å². The molecule has 0 atom stereocenters. The van der Waals surface area contributed by atoms with Gasteiger partial charge >= 0.3 is 5.97 Å². The number of esters is 1. The van der Waals surface area contributed by atoms with E-state index in [0.717, 1.165) is 7.11 Å². The van der Waals surface area contributed by atoms with Crippen LogP contribution in [0.15, 0.2) is 16.5 Å². The van der Waals surface area contributed by atoms with Gasteiger partial charge in [-0.1, -0.05) is 5.92 Å². The first-order valence-corrected chi connectivity index (χ1v) is 3.66. The van der Waals surface area contributed by atoms with Gasteiger partial charge in [0.05, 0.1) is 13.7 Å². The second kappa shape index (κ2) is 6.84. The molecule has 0 aromatic rings. The van der Waals surface area contributed by atoms with E-state index in [1.807, 2.05) is 0 Å². The molecule has 0 spiro atoms. The van der Waals surface area contributed by atoms with E-state index < -0.39 is 11.5 Å². The summed E-state index contributed by atoms with van der Waals surface area (Å²) in [5, 5.41) is 14.2. The molecule has 0 aliphatic carbocycles. The maximum atomic E-state index is 11.0. The van der Waals surface area contributed by atoms with Gasteiger partial charge in [0.15, 0.2) is 5.57 Å². The highest BCUT2D eigenvalue weighted by atomic mass is 16.5. The number of nitriles is 1. The molecule has 0 aromatic carbocycles. The van der Waals surface area contributed by atoms with Gasteiger partial charge < -0.3 is 10.1 Å². The van der Waals surface area contributed by atoms with Gasteiger partial charge in [0.2, 0.25) is 0 Å². The number of hydrogen-bond acceptors (Lipinski definition) is 5. The standard InChI is InChI=1S/C8H7N5O2/c1-3-4-11-7(12-13-10)6(5-9)8(14)15-2/h1,11H,4H2,2H3/b7-6+. The lowest BCUT2D eigenvalue weighted by molar-refractivity contribution is -0.135. The van der Waals surface area contributed by atoms with Crippen molar-refractivity contribution in [2.45, 2.75) is 0 Å².